The number of carbonyl (C=O) groups excluding carboxylic acids is 2. The molecule has 0 spiro atoms. The summed E-state index contributed by atoms with van der Waals surface area (Å²) in [6, 6.07) is 30.3. The molecule has 8 aromatic rings. The number of imidazole rings is 2. The van der Waals surface area contributed by atoms with Crippen molar-refractivity contribution in [3.05, 3.63) is 154 Å². The maximum atomic E-state index is 15.8. The molecule has 0 bridgehead atoms. The number of amides is 2. The van der Waals surface area contributed by atoms with E-state index in [0.717, 1.165) is 67.1 Å². The van der Waals surface area contributed by atoms with Gasteiger partial charge in [-0.15, -0.1) is 0 Å². The van der Waals surface area contributed by atoms with Crippen molar-refractivity contribution in [1.29, 1.82) is 0 Å². The van der Waals surface area contributed by atoms with Gasteiger partial charge in [0.05, 0.1) is 40.4 Å². The largest absolute Gasteiger partial charge is 0.449 e. The Morgan fingerprint density at radius 1 is 0.625 bits per heavy atom. The number of hydrogen-bond acceptors (Lipinski definition) is 6. The highest BCUT2D eigenvalue weighted by Crippen LogP contribution is 2.42. The SMILES string of the molecule is O=C(Nc1ccc(-c2cc(-c3ncn(C4CCCC4)c3-c3ccc(C(=O)Nc4ccccc4Br)o3)ccc2F)cc1Cl)c1ccc(-c2c(-c3ccc(F)cc3)ncn2C2CCCC2)o1. The number of furan rings is 2. The van der Waals surface area contributed by atoms with Crippen LogP contribution in [0.5, 0.6) is 0 Å². The summed E-state index contributed by atoms with van der Waals surface area (Å²) >= 11 is 10.3. The second-order valence-corrected chi connectivity index (χ2v) is 17.4. The molecule has 2 aliphatic carbocycles. The average molecular weight is 942 g/mol. The fraction of sp³-hybridized carbons (Fsp3) is 0.200. The van der Waals surface area contributed by atoms with Gasteiger partial charge in [0.15, 0.2) is 23.0 Å². The zero-order valence-electron chi connectivity index (χ0n) is 34.3. The van der Waals surface area contributed by atoms with Crippen molar-refractivity contribution in [2.45, 2.75) is 63.5 Å². The second-order valence-electron chi connectivity index (χ2n) is 16.2. The monoisotopic (exact) mass is 940 g/mol. The zero-order valence-corrected chi connectivity index (χ0v) is 36.6. The molecule has 4 aromatic heterocycles. The Hall–Kier alpha value is -6.57. The van der Waals surface area contributed by atoms with Gasteiger partial charge in [-0.2, -0.15) is 0 Å². The summed E-state index contributed by atoms with van der Waals surface area (Å²) < 4.78 is 47.0. The molecule has 10 rings (SSSR count). The first-order valence-electron chi connectivity index (χ1n) is 21.3. The van der Waals surface area contributed by atoms with Crippen LogP contribution >= 0.6 is 27.5 Å². The smallest absolute Gasteiger partial charge is 0.291 e. The summed E-state index contributed by atoms with van der Waals surface area (Å²) in [5.41, 5.74) is 5.66. The van der Waals surface area contributed by atoms with Gasteiger partial charge in [0.25, 0.3) is 11.8 Å². The van der Waals surface area contributed by atoms with Gasteiger partial charge in [-0.3, -0.25) is 9.59 Å². The molecular weight excluding hydrogens is 902 g/mol. The van der Waals surface area contributed by atoms with E-state index in [4.69, 9.17) is 30.4 Å². The predicted octanol–water partition coefficient (Wildman–Crippen LogP) is 14.0. The molecule has 2 N–H and O–H groups in total. The van der Waals surface area contributed by atoms with Crippen LogP contribution in [0, 0.1) is 11.6 Å². The number of nitrogens with one attached hydrogen (secondary N) is 2. The van der Waals surface area contributed by atoms with Crippen molar-refractivity contribution < 1.29 is 27.2 Å². The first-order chi connectivity index (χ1) is 31.2. The van der Waals surface area contributed by atoms with Crippen molar-refractivity contribution in [3.8, 4) is 56.6 Å². The first-order valence-corrected chi connectivity index (χ1v) is 22.4. The van der Waals surface area contributed by atoms with Gasteiger partial charge in [-0.25, -0.2) is 18.7 Å². The summed E-state index contributed by atoms with van der Waals surface area (Å²) in [7, 11) is 0. The molecule has 10 nitrogen and oxygen atoms in total. The van der Waals surface area contributed by atoms with Crippen molar-refractivity contribution in [2.75, 3.05) is 10.6 Å². The summed E-state index contributed by atoms with van der Waals surface area (Å²) in [5, 5.41) is 5.92. The maximum Gasteiger partial charge on any atom is 0.291 e. The fourth-order valence-electron chi connectivity index (χ4n) is 8.94. The van der Waals surface area contributed by atoms with E-state index in [-0.39, 0.29) is 40.0 Å². The van der Waals surface area contributed by atoms with Gasteiger partial charge in [-0.1, -0.05) is 55.5 Å². The molecule has 0 radical (unpaired) electrons. The molecule has 2 aliphatic rings. The first kappa shape index (κ1) is 41.4. The van der Waals surface area contributed by atoms with E-state index in [1.807, 2.05) is 18.2 Å². The van der Waals surface area contributed by atoms with Gasteiger partial charge in [0.2, 0.25) is 0 Å². The van der Waals surface area contributed by atoms with Crippen LogP contribution in [0.25, 0.3) is 56.6 Å². The summed E-state index contributed by atoms with van der Waals surface area (Å²) in [5.74, 6) is -0.646. The lowest BCUT2D eigenvalue weighted by Crippen LogP contribution is -2.11. The molecule has 322 valence electrons. The van der Waals surface area contributed by atoms with E-state index in [2.05, 4.69) is 35.7 Å². The highest BCUT2D eigenvalue weighted by molar-refractivity contribution is 9.10. The van der Waals surface area contributed by atoms with E-state index in [1.54, 1.807) is 85.5 Å². The van der Waals surface area contributed by atoms with Crippen LogP contribution in [0.4, 0.5) is 20.2 Å². The quantitative estimate of drug-likeness (QED) is 0.133. The van der Waals surface area contributed by atoms with Crippen molar-refractivity contribution in [1.82, 2.24) is 19.1 Å². The molecule has 64 heavy (non-hydrogen) atoms. The topological polar surface area (TPSA) is 120 Å². The molecule has 4 heterocycles. The highest BCUT2D eigenvalue weighted by Gasteiger charge is 2.28. The van der Waals surface area contributed by atoms with E-state index >= 15 is 4.39 Å². The lowest BCUT2D eigenvalue weighted by molar-refractivity contribution is 0.0990. The third-order valence-electron chi connectivity index (χ3n) is 12.2. The number of benzene rings is 4. The van der Waals surface area contributed by atoms with E-state index in [1.165, 1.54) is 18.2 Å². The summed E-state index contributed by atoms with van der Waals surface area (Å²) in [6.07, 6.45) is 11.9. The number of hydrogen-bond donors (Lipinski definition) is 2. The minimum atomic E-state index is -0.527. The number of carbonyl (C=O) groups is 2. The van der Waals surface area contributed by atoms with Crippen LogP contribution in [-0.4, -0.2) is 30.9 Å². The number of halogens is 4. The van der Waals surface area contributed by atoms with Crippen molar-refractivity contribution in [2.24, 2.45) is 0 Å². The Morgan fingerprint density at radius 3 is 1.73 bits per heavy atom. The molecule has 0 aliphatic heterocycles. The van der Waals surface area contributed by atoms with Crippen LogP contribution in [0.3, 0.4) is 0 Å². The molecule has 0 atom stereocenters. The third-order valence-corrected chi connectivity index (χ3v) is 13.2. The van der Waals surface area contributed by atoms with Crippen LogP contribution in [0.2, 0.25) is 5.02 Å². The predicted molar refractivity (Wildman–Crippen MR) is 246 cm³/mol. The molecule has 14 heteroatoms. The second kappa shape index (κ2) is 17.5. The van der Waals surface area contributed by atoms with Crippen LogP contribution < -0.4 is 10.6 Å². The van der Waals surface area contributed by atoms with Gasteiger partial charge in [0, 0.05) is 33.2 Å². The normalized spacial score (nSPS) is 14.4. The molecule has 2 amide bonds. The van der Waals surface area contributed by atoms with E-state index in [0.29, 0.717) is 51.1 Å². The molecule has 4 aromatic carbocycles. The lowest BCUT2D eigenvalue weighted by atomic mass is 9.99. The standard InChI is InChI=1S/C50H40BrClF2N6O4/c51-36-11-5-6-12-39(36)57-49(61)43-23-22-42(64-43)48-46(56-28-60(48)34-9-3-4-10-34)31-15-19-38(54)35(25-31)30-16-20-40(37(52)26-30)58-50(62)44-24-21-41(63-44)47-45(29-13-17-32(53)18-14-29)55-27-59(47)33-7-1-2-8-33/h5-6,11-28,33-34H,1-4,7-10H2,(H,57,61)(H,58,62). The molecule has 2 saturated carbocycles. The minimum absolute atomic E-state index is 0.0551. The Labute approximate surface area is 380 Å². The number of anilines is 2. The Bertz CT molecular complexity index is 3030. The highest BCUT2D eigenvalue weighted by atomic mass is 79.9. The molecular formula is C50H40BrClF2N6O4. The van der Waals surface area contributed by atoms with Crippen LogP contribution in [-0.2, 0) is 0 Å². The van der Waals surface area contributed by atoms with E-state index in [9.17, 15) is 14.0 Å². The van der Waals surface area contributed by atoms with Crippen LogP contribution in [0.1, 0.15) is 84.6 Å². The maximum absolute atomic E-state index is 15.8. The number of nitrogens with zero attached hydrogens (tertiary/aromatic N) is 4. The Kier molecular flexibility index (Phi) is 11.4. The molecule has 0 unspecified atom stereocenters. The lowest BCUT2D eigenvalue weighted by Gasteiger charge is -2.15. The number of aromatic nitrogens is 4. The Morgan fingerprint density at radius 2 is 1.16 bits per heavy atom. The Balaban J connectivity index is 0.913. The van der Waals surface area contributed by atoms with Crippen LogP contribution in [0.15, 0.2) is 135 Å². The summed E-state index contributed by atoms with van der Waals surface area (Å²) in [6.45, 7) is 0. The van der Waals surface area contributed by atoms with Gasteiger partial charge < -0.3 is 28.6 Å². The average Bonchev–Trinajstić information content (AvgIpc) is 4.16. The minimum Gasteiger partial charge on any atom is -0.449 e. The number of rotatable bonds is 11. The van der Waals surface area contributed by atoms with Gasteiger partial charge >= 0.3 is 0 Å². The molecule has 0 saturated heterocycles. The van der Waals surface area contributed by atoms with E-state index < -0.39 is 17.6 Å². The van der Waals surface area contributed by atoms with Crippen molar-refractivity contribution >= 4 is 50.7 Å². The zero-order chi connectivity index (χ0) is 43.9. The van der Waals surface area contributed by atoms with Crippen molar-refractivity contribution in [3.63, 3.8) is 0 Å². The van der Waals surface area contributed by atoms with Gasteiger partial charge in [0.1, 0.15) is 23.0 Å². The summed E-state index contributed by atoms with van der Waals surface area (Å²) in [4.78, 5) is 36.5. The third kappa shape index (κ3) is 8.10. The molecule has 2 fully saturated rings. The van der Waals surface area contributed by atoms with Gasteiger partial charge in [-0.05, 0) is 138 Å². The number of para-hydroxylation sites is 1. The fourth-order valence-corrected chi connectivity index (χ4v) is 9.55.